The van der Waals surface area contributed by atoms with Gasteiger partial charge in [0, 0.05) is 12.6 Å². The Kier molecular flexibility index (Phi) is 7.97. The standard InChI is InChI=1S/C17H35N/c1-4-5-6-7-8-9-10-11-12-17(13-14-17)15-18-16(2)3/h16,18H,4-15H2,1-3H3. The van der Waals surface area contributed by atoms with Gasteiger partial charge in [0.05, 0.1) is 0 Å². The second kappa shape index (κ2) is 8.96. The van der Waals surface area contributed by atoms with Crippen LogP contribution in [-0.2, 0) is 0 Å². The van der Waals surface area contributed by atoms with Gasteiger partial charge in [0.1, 0.15) is 0 Å². The average molecular weight is 253 g/mol. The van der Waals surface area contributed by atoms with Gasteiger partial charge >= 0.3 is 0 Å². The van der Waals surface area contributed by atoms with E-state index in [0.29, 0.717) is 11.5 Å². The summed E-state index contributed by atoms with van der Waals surface area (Å²) in [6.45, 7) is 8.07. The number of nitrogens with one attached hydrogen (secondary N) is 1. The SMILES string of the molecule is CCCCCCCCCCC1(CNC(C)C)CC1. The predicted octanol–water partition coefficient (Wildman–Crippen LogP) is 5.30. The van der Waals surface area contributed by atoms with Crippen LogP contribution >= 0.6 is 0 Å². The van der Waals surface area contributed by atoms with Crippen LogP contribution in [0.4, 0.5) is 0 Å². The van der Waals surface area contributed by atoms with Crippen molar-refractivity contribution in [1.29, 1.82) is 0 Å². The molecular formula is C17H35N. The summed E-state index contributed by atoms with van der Waals surface area (Å²) in [5.41, 5.74) is 0.715. The first-order valence-corrected chi connectivity index (χ1v) is 8.42. The van der Waals surface area contributed by atoms with Gasteiger partial charge in [-0.25, -0.2) is 0 Å². The van der Waals surface area contributed by atoms with Crippen LogP contribution in [-0.4, -0.2) is 12.6 Å². The topological polar surface area (TPSA) is 12.0 Å². The predicted molar refractivity (Wildman–Crippen MR) is 82.0 cm³/mol. The Bertz CT molecular complexity index is 194. The van der Waals surface area contributed by atoms with E-state index in [9.17, 15) is 0 Å². The van der Waals surface area contributed by atoms with Crippen LogP contribution in [0.3, 0.4) is 0 Å². The van der Waals surface area contributed by atoms with Gasteiger partial charge in [-0.3, -0.25) is 0 Å². The van der Waals surface area contributed by atoms with Crippen molar-refractivity contribution in [2.75, 3.05) is 6.54 Å². The number of unbranched alkanes of at least 4 members (excludes halogenated alkanes) is 7. The van der Waals surface area contributed by atoms with Crippen molar-refractivity contribution in [2.24, 2.45) is 5.41 Å². The lowest BCUT2D eigenvalue weighted by molar-refractivity contribution is 0.386. The Morgan fingerprint density at radius 2 is 1.44 bits per heavy atom. The van der Waals surface area contributed by atoms with Crippen molar-refractivity contribution in [2.45, 2.75) is 97.4 Å². The minimum atomic E-state index is 0.654. The number of hydrogen-bond donors (Lipinski definition) is 1. The molecular weight excluding hydrogens is 218 g/mol. The molecule has 1 aliphatic rings. The molecule has 1 N–H and O–H groups in total. The highest BCUT2D eigenvalue weighted by Crippen LogP contribution is 2.49. The molecule has 1 saturated carbocycles. The van der Waals surface area contributed by atoms with Crippen molar-refractivity contribution >= 4 is 0 Å². The molecule has 1 rings (SSSR count). The first-order valence-electron chi connectivity index (χ1n) is 8.42. The van der Waals surface area contributed by atoms with E-state index in [2.05, 4.69) is 26.1 Å². The zero-order valence-electron chi connectivity index (χ0n) is 13.1. The quantitative estimate of drug-likeness (QED) is 0.466. The molecule has 0 bridgehead atoms. The fourth-order valence-corrected chi connectivity index (χ4v) is 2.75. The summed E-state index contributed by atoms with van der Waals surface area (Å²) in [6.07, 6.45) is 16.0. The van der Waals surface area contributed by atoms with Gasteiger partial charge in [0.25, 0.3) is 0 Å². The Morgan fingerprint density at radius 3 is 1.94 bits per heavy atom. The molecule has 0 heterocycles. The molecule has 1 heteroatoms. The van der Waals surface area contributed by atoms with Crippen molar-refractivity contribution < 1.29 is 0 Å². The molecule has 0 saturated heterocycles. The normalized spacial score (nSPS) is 17.3. The number of hydrogen-bond acceptors (Lipinski definition) is 1. The average Bonchev–Trinajstić information content (AvgIpc) is 3.11. The first kappa shape index (κ1) is 16.0. The third kappa shape index (κ3) is 7.41. The van der Waals surface area contributed by atoms with Crippen LogP contribution in [0.25, 0.3) is 0 Å². The summed E-state index contributed by atoms with van der Waals surface area (Å²) in [5, 5.41) is 3.62. The second-order valence-corrected chi connectivity index (χ2v) is 6.76. The summed E-state index contributed by atoms with van der Waals surface area (Å²) in [4.78, 5) is 0. The summed E-state index contributed by atoms with van der Waals surface area (Å²) in [6, 6.07) is 0.654. The first-order chi connectivity index (χ1) is 8.68. The van der Waals surface area contributed by atoms with Gasteiger partial charge in [-0.2, -0.15) is 0 Å². The van der Waals surface area contributed by atoms with E-state index in [1.165, 1.54) is 77.2 Å². The summed E-state index contributed by atoms with van der Waals surface area (Å²) >= 11 is 0. The highest BCUT2D eigenvalue weighted by Gasteiger charge is 2.41. The maximum atomic E-state index is 3.62. The molecule has 108 valence electrons. The second-order valence-electron chi connectivity index (χ2n) is 6.76. The maximum absolute atomic E-state index is 3.62. The Labute approximate surface area is 115 Å². The minimum absolute atomic E-state index is 0.654. The van der Waals surface area contributed by atoms with Gasteiger partial charge in [-0.05, 0) is 24.7 Å². The molecule has 0 aromatic rings. The lowest BCUT2D eigenvalue weighted by Gasteiger charge is -2.17. The molecule has 18 heavy (non-hydrogen) atoms. The van der Waals surface area contributed by atoms with Crippen LogP contribution in [0.5, 0.6) is 0 Å². The van der Waals surface area contributed by atoms with Crippen molar-refractivity contribution in [3.05, 3.63) is 0 Å². The van der Waals surface area contributed by atoms with E-state index in [4.69, 9.17) is 0 Å². The van der Waals surface area contributed by atoms with Gasteiger partial charge in [0.2, 0.25) is 0 Å². The van der Waals surface area contributed by atoms with Crippen molar-refractivity contribution in [3.8, 4) is 0 Å². The van der Waals surface area contributed by atoms with Gasteiger partial charge < -0.3 is 5.32 Å². The lowest BCUT2D eigenvalue weighted by atomic mass is 9.97. The zero-order valence-corrected chi connectivity index (χ0v) is 13.1. The molecule has 0 amide bonds. The van der Waals surface area contributed by atoms with Crippen LogP contribution < -0.4 is 5.32 Å². The zero-order chi connectivity index (χ0) is 13.3. The van der Waals surface area contributed by atoms with E-state index in [-0.39, 0.29) is 0 Å². The molecule has 1 nitrogen and oxygen atoms in total. The van der Waals surface area contributed by atoms with Crippen LogP contribution in [0, 0.1) is 5.41 Å². The van der Waals surface area contributed by atoms with Crippen LogP contribution in [0.2, 0.25) is 0 Å². The molecule has 0 unspecified atom stereocenters. The van der Waals surface area contributed by atoms with Crippen LogP contribution in [0.15, 0.2) is 0 Å². The largest absolute Gasteiger partial charge is 0.314 e. The third-order valence-corrected chi connectivity index (χ3v) is 4.40. The summed E-state index contributed by atoms with van der Waals surface area (Å²) < 4.78 is 0. The number of rotatable bonds is 12. The fraction of sp³-hybridized carbons (Fsp3) is 1.00. The molecule has 0 aliphatic heterocycles. The molecule has 0 aromatic heterocycles. The summed E-state index contributed by atoms with van der Waals surface area (Å²) in [7, 11) is 0. The Balaban J connectivity index is 1.88. The van der Waals surface area contributed by atoms with E-state index in [1.807, 2.05) is 0 Å². The van der Waals surface area contributed by atoms with Gasteiger partial charge in [-0.15, -0.1) is 0 Å². The molecule has 1 aliphatic carbocycles. The van der Waals surface area contributed by atoms with Gasteiger partial charge in [0.15, 0.2) is 0 Å². The van der Waals surface area contributed by atoms with Crippen molar-refractivity contribution in [3.63, 3.8) is 0 Å². The molecule has 0 aromatic carbocycles. The van der Waals surface area contributed by atoms with E-state index in [1.54, 1.807) is 0 Å². The van der Waals surface area contributed by atoms with Crippen molar-refractivity contribution in [1.82, 2.24) is 5.32 Å². The van der Waals surface area contributed by atoms with Gasteiger partial charge in [-0.1, -0.05) is 72.1 Å². The highest BCUT2D eigenvalue weighted by atomic mass is 14.9. The highest BCUT2D eigenvalue weighted by molar-refractivity contribution is 4.94. The molecule has 0 radical (unpaired) electrons. The Morgan fingerprint density at radius 1 is 0.889 bits per heavy atom. The third-order valence-electron chi connectivity index (χ3n) is 4.40. The fourth-order valence-electron chi connectivity index (χ4n) is 2.75. The molecule has 0 spiro atoms. The summed E-state index contributed by atoms with van der Waals surface area (Å²) in [5.74, 6) is 0. The van der Waals surface area contributed by atoms with E-state index in [0.717, 1.165) is 0 Å². The van der Waals surface area contributed by atoms with E-state index < -0.39 is 0 Å². The van der Waals surface area contributed by atoms with E-state index >= 15 is 0 Å². The lowest BCUT2D eigenvalue weighted by Crippen LogP contribution is -2.29. The Hall–Kier alpha value is -0.0400. The minimum Gasteiger partial charge on any atom is -0.314 e. The molecule has 1 fully saturated rings. The maximum Gasteiger partial charge on any atom is 0.00106 e. The monoisotopic (exact) mass is 253 g/mol. The van der Waals surface area contributed by atoms with Crippen LogP contribution in [0.1, 0.15) is 91.4 Å². The molecule has 0 atom stereocenters. The smallest absolute Gasteiger partial charge is 0.00106 e.